The van der Waals surface area contributed by atoms with E-state index in [1.807, 2.05) is 0 Å². The van der Waals surface area contributed by atoms with Gasteiger partial charge in [0.15, 0.2) is 6.29 Å². The van der Waals surface area contributed by atoms with Gasteiger partial charge >= 0.3 is 6.18 Å². The molecule has 1 unspecified atom stereocenters. The van der Waals surface area contributed by atoms with Crippen LogP contribution in [-0.4, -0.2) is 31.5 Å². The molecule has 0 bridgehead atoms. The lowest BCUT2D eigenvalue weighted by atomic mass is 10.0. The smallest absolute Gasteiger partial charge is 0.353 e. The zero-order valence-electron chi connectivity index (χ0n) is 9.58. The van der Waals surface area contributed by atoms with Crippen molar-refractivity contribution in [2.24, 2.45) is 5.92 Å². The first-order chi connectivity index (χ1) is 7.86. The number of nitriles is 1. The number of rotatable bonds is 7. The molecule has 0 aromatic carbocycles. The number of ketones is 1. The second kappa shape index (κ2) is 7.25. The fourth-order valence-corrected chi connectivity index (χ4v) is 1.16. The fourth-order valence-electron chi connectivity index (χ4n) is 1.16. The molecule has 1 atom stereocenters. The summed E-state index contributed by atoms with van der Waals surface area (Å²) in [6.07, 6.45) is -6.40. The molecule has 98 valence electrons. The van der Waals surface area contributed by atoms with Gasteiger partial charge in [0.25, 0.3) is 5.78 Å². The van der Waals surface area contributed by atoms with Gasteiger partial charge in [-0.25, -0.2) is 0 Å². The van der Waals surface area contributed by atoms with E-state index in [4.69, 9.17) is 14.7 Å². The van der Waals surface area contributed by atoms with E-state index in [1.54, 1.807) is 13.8 Å². The highest BCUT2D eigenvalue weighted by Crippen LogP contribution is 2.24. The van der Waals surface area contributed by atoms with Crippen LogP contribution in [-0.2, 0) is 14.3 Å². The van der Waals surface area contributed by atoms with Crippen LogP contribution >= 0.6 is 0 Å². The summed E-state index contributed by atoms with van der Waals surface area (Å²) in [6, 6.07) is 1.33. The summed E-state index contributed by atoms with van der Waals surface area (Å²) in [5, 5.41) is 8.56. The van der Waals surface area contributed by atoms with Gasteiger partial charge < -0.3 is 9.47 Å². The minimum absolute atomic E-state index is 0.225. The Morgan fingerprint density at radius 3 is 2.06 bits per heavy atom. The van der Waals surface area contributed by atoms with Crippen molar-refractivity contribution in [3.05, 3.63) is 0 Å². The maximum absolute atomic E-state index is 12.1. The first-order valence-electron chi connectivity index (χ1n) is 5.10. The summed E-state index contributed by atoms with van der Waals surface area (Å²) < 4.78 is 46.3. The number of alkyl halides is 3. The highest BCUT2D eigenvalue weighted by Gasteiger charge is 2.44. The van der Waals surface area contributed by atoms with Crippen LogP contribution in [0.15, 0.2) is 0 Å². The summed E-state index contributed by atoms with van der Waals surface area (Å²) in [5.41, 5.74) is 0. The molecule has 0 aliphatic rings. The van der Waals surface area contributed by atoms with Crippen LogP contribution in [0.5, 0.6) is 0 Å². The van der Waals surface area contributed by atoms with Gasteiger partial charge in [0, 0.05) is 19.6 Å². The van der Waals surface area contributed by atoms with Crippen LogP contribution in [0.3, 0.4) is 0 Å². The van der Waals surface area contributed by atoms with Crippen molar-refractivity contribution < 1.29 is 27.4 Å². The normalized spacial score (nSPS) is 13.5. The minimum atomic E-state index is -5.01. The summed E-state index contributed by atoms with van der Waals surface area (Å²) in [4.78, 5) is 10.9. The summed E-state index contributed by atoms with van der Waals surface area (Å²) in [6.45, 7) is 3.73. The van der Waals surface area contributed by atoms with Gasteiger partial charge in [0.1, 0.15) is 5.92 Å². The quantitative estimate of drug-likeness (QED) is 0.651. The molecular formula is C10H14F3NO3. The van der Waals surface area contributed by atoms with Gasteiger partial charge in [-0.2, -0.15) is 18.4 Å². The number of ether oxygens (including phenoxy) is 2. The molecule has 17 heavy (non-hydrogen) atoms. The van der Waals surface area contributed by atoms with Crippen molar-refractivity contribution in [3.8, 4) is 6.07 Å². The zero-order chi connectivity index (χ0) is 13.5. The highest BCUT2D eigenvalue weighted by molar-refractivity contribution is 5.88. The summed E-state index contributed by atoms with van der Waals surface area (Å²) in [5.74, 6) is -3.86. The topological polar surface area (TPSA) is 59.3 Å². The number of Topliss-reactive ketones (excluding diaryl/α,β-unsaturated/α-hetero) is 1. The van der Waals surface area contributed by atoms with Crippen LogP contribution in [0.1, 0.15) is 20.3 Å². The predicted octanol–water partition coefficient (Wildman–Crippen LogP) is 2.05. The molecule has 0 spiro atoms. The van der Waals surface area contributed by atoms with E-state index in [-0.39, 0.29) is 13.2 Å². The van der Waals surface area contributed by atoms with Crippen molar-refractivity contribution in [2.75, 3.05) is 13.2 Å². The molecule has 4 nitrogen and oxygen atoms in total. The number of carbonyl (C=O) groups excluding carboxylic acids is 1. The SMILES string of the molecule is CCOC(CC(C#N)C(=O)C(F)(F)F)OCC. The molecule has 0 aromatic heterocycles. The van der Waals surface area contributed by atoms with Gasteiger partial charge in [0.2, 0.25) is 0 Å². The van der Waals surface area contributed by atoms with Crippen molar-refractivity contribution >= 4 is 5.78 Å². The van der Waals surface area contributed by atoms with E-state index in [9.17, 15) is 18.0 Å². The maximum Gasteiger partial charge on any atom is 0.451 e. The van der Waals surface area contributed by atoms with E-state index in [2.05, 4.69) is 0 Å². The van der Waals surface area contributed by atoms with Crippen LogP contribution in [0.4, 0.5) is 13.2 Å². The molecule has 0 radical (unpaired) electrons. The lowest BCUT2D eigenvalue weighted by Gasteiger charge is -2.19. The molecule has 7 heteroatoms. The van der Waals surface area contributed by atoms with Crippen molar-refractivity contribution in [1.82, 2.24) is 0 Å². The zero-order valence-corrected chi connectivity index (χ0v) is 9.58. The van der Waals surface area contributed by atoms with Gasteiger partial charge in [-0.3, -0.25) is 4.79 Å². The first-order valence-corrected chi connectivity index (χ1v) is 5.10. The van der Waals surface area contributed by atoms with E-state index in [0.717, 1.165) is 0 Å². The van der Waals surface area contributed by atoms with Crippen LogP contribution in [0.25, 0.3) is 0 Å². The standard InChI is InChI=1S/C10H14F3NO3/c1-3-16-8(17-4-2)5-7(6-14)9(15)10(11,12)13/h7-8H,3-5H2,1-2H3. The summed E-state index contributed by atoms with van der Waals surface area (Å²) in [7, 11) is 0. The van der Waals surface area contributed by atoms with Crippen LogP contribution in [0, 0.1) is 17.2 Å². The second-order valence-corrected chi connectivity index (χ2v) is 3.12. The van der Waals surface area contributed by atoms with Gasteiger partial charge in [-0.1, -0.05) is 0 Å². The number of carbonyl (C=O) groups is 1. The Labute approximate surface area is 97.3 Å². The van der Waals surface area contributed by atoms with Gasteiger partial charge in [-0.05, 0) is 13.8 Å². The van der Waals surface area contributed by atoms with Crippen molar-refractivity contribution in [1.29, 1.82) is 5.26 Å². The molecule has 0 saturated carbocycles. The molecular weight excluding hydrogens is 239 g/mol. The molecule has 0 aromatic rings. The third kappa shape index (κ3) is 5.65. The molecule has 0 fully saturated rings. The molecule has 0 saturated heterocycles. The molecule has 0 amide bonds. The molecule has 0 aliphatic heterocycles. The molecule has 0 N–H and O–H groups in total. The lowest BCUT2D eigenvalue weighted by molar-refractivity contribution is -0.180. The fraction of sp³-hybridized carbons (Fsp3) is 0.800. The van der Waals surface area contributed by atoms with Crippen LogP contribution < -0.4 is 0 Å². The predicted molar refractivity (Wildman–Crippen MR) is 51.8 cm³/mol. The lowest BCUT2D eigenvalue weighted by Crippen LogP contribution is -2.33. The van der Waals surface area contributed by atoms with Crippen LogP contribution in [0.2, 0.25) is 0 Å². The van der Waals surface area contributed by atoms with Crippen molar-refractivity contribution in [3.63, 3.8) is 0 Å². The number of halogens is 3. The molecule has 0 rings (SSSR count). The highest BCUT2D eigenvalue weighted by atomic mass is 19.4. The Morgan fingerprint density at radius 1 is 1.29 bits per heavy atom. The molecule has 0 heterocycles. The van der Waals surface area contributed by atoms with E-state index < -0.39 is 30.6 Å². The third-order valence-corrected chi connectivity index (χ3v) is 1.88. The largest absolute Gasteiger partial charge is 0.451 e. The third-order valence-electron chi connectivity index (χ3n) is 1.88. The minimum Gasteiger partial charge on any atom is -0.353 e. The first kappa shape index (κ1) is 15.9. The van der Waals surface area contributed by atoms with Gasteiger partial charge in [0.05, 0.1) is 6.07 Å². The number of nitrogens with zero attached hydrogens (tertiary/aromatic N) is 1. The Balaban J connectivity index is 4.57. The second-order valence-electron chi connectivity index (χ2n) is 3.12. The van der Waals surface area contributed by atoms with E-state index in [1.165, 1.54) is 6.07 Å². The van der Waals surface area contributed by atoms with Gasteiger partial charge in [-0.15, -0.1) is 0 Å². The van der Waals surface area contributed by atoms with E-state index in [0.29, 0.717) is 0 Å². The Bertz CT molecular complexity index is 280. The molecule has 0 aliphatic carbocycles. The Morgan fingerprint density at radius 2 is 1.76 bits per heavy atom. The monoisotopic (exact) mass is 253 g/mol. The summed E-state index contributed by atoms with van der Waals surface area (Å²) >= 11 is 0. The van der Waals surface area contributed by atoms with E-state index >= 15 is 0 Å². The average molecular weight is 253 g/mol. The Kier molecular flexibility index (Phi) is 6.76. The number of hydrogen-bond donors (Lipinski definition) is 0. The maximum atomic E-state index is 12.1. The number of hydrogen-bond acceptors (Lipinski definition) is 4. The average Bonchev–Trinajstić information content (AvgIpc) is 2.24. The Hall–Kier alpha value is -1.13. The van der Waals surface area contributed by atoms with Crippen molar-refractivity contribution in [2.45, 2.75) is 32.7 Å².